The van der Waals surface area contributed by atoms with Gasteiger partial charge in [0.1, 0.15) is 17.5 Å². The highest BCUT2D eigenvalue weighted by molar-refractivity contribution is 7.07. The van der Waals surface area contributed by atoms with E-state index in [0.29, 0.717) is 15.1 Å². The zero-order valence-corrected chi connectivity index (χ0v) is 17.1. The lowest BCUT2D eigenvalue weighted by Crippen LogP contribution is -2.58. The van der Waals surface area contributed by atoms with Gasteiger partial charge in [-0.2, -0.15) is 5.10 Å². The Hall–Kier alpha value is -3.00. The van der Waals surface area contributed by atoms with Crippen molar-refractivity contribution in [2.75, 3.05) is 0 Å². The Labute approximate surface area is 170 Å². The smallest absolute Gasteiger partial charge is 0.270 e. The molecule has 0 saturated carbocycles. The molecule has 1 aromatic carbocycles. The number of ether oxygens (including phenoxy) is 1. The Morgan fingerprint density at radius 2 is 2.17 bits per heavy atom. The summed E-state index contributed by atoms with van der Waals surface area (Å²) in [6, 6.07) is 7.13. The van der Waals surface area contributed by atoms with Gasteiger partial charge >= 0.3 is 0 Å². The van der Waals surface area contributed by atoms with Gasteiger partial charge in [0.2, 0.25) is 5.72 Å². The summed E-state index contributed by atoms with van der Waals surface area (Å²) in [6.07, 6.45) is 5.46. The van der Waals surface area contributed by atoms with Crippen molar-refractivity contribution in [3.05, 3.63) is 67.5 Å². The molecule has 0 fully saturated rings. The summed E-state index contributed by atoms with van der Waals surface area (Å²) in [6.45, 7) is 6.13. The van der Waals surface area contributed by atoms with Crippen LogP contribution in [0.3, 0.4) is 0 Å². The van der Waals surface area contributed by atoms with Crippen molar-refractivity contribution < 1.29 is 9.53 Å². The summed E-state index contributed by atoms with van der Waals surface area (Å²) < 4.78 is 10.2. The predicted octanol–water partition coefficient (Wildman–Crippen LogP) is 1.49. The van der Waals surface area contributed by atoms with E-state index < -0.39 is 17.7 Å². The molecule has 0 saturated heterocycles. The van der Waals surface area contributed by atoms with E-state index in [9.17, 15) is 9.59 Å². The number of carbonyl (C=O) groups excluding carboxylic acids is 1. The third-order valence-corrected chi connectivity index (χ3v) is 6.58. The van der Waals surface area contributed by atoms with Crippen molar-refractivity contribution in [2.24, 2.45) is 10.9 Å². The highest BCUT2D eigenvalue weighted by Gasteiger charge is 2.53. The van der Waals surface area contributed by atoms with Crippen molar-refractivity contribution in [3.63, 3.8) is 0 Å². The number of ketones is 1. The molecule has 5 rings (SSSR count). The van der Waals surface area contributed by atoms with Crippen LogP contribution < -0.4 is 19.6 Å². The third kappa shape index (κ3) is 2.62. The van der Waals surface area contributed by atoms with E-state index in [0.717, 1.165) is 17.7 Å². The minimum absolute atomic E-state index is 0.0470. The number of aryl methyl sites for hydroxylation is 1. The molecule has 29 heavy (non-hydrogen) atoms. The molecule has 2 bridgehead atoms. The predicted molar refractivity (Wildman–Crippen MR) is 109 cm³/mol. The Morgan fingerprint density at radius 1 is 1.38 bits per heavy atom. The first-order valence-electron chi connectivity index (χ1n) is 9.55. The Kier molecular flexibility index (Phi) is 3.89. The minimum Gasteiger partial charge on any atom is -0.465 e. The highest BCUT2D eigenvalue weighted by atomic mass is 32.1. The van der Waals surface area contributed by atoms with Gasteiger partial charge in [-0.15, -0.1) is 0 Å². The van der Waals surface area contributed by atoms with Gasteiger partial charge in [0.05, 0.1) is 16.8 Å². The monoisotopic (exact) mass is 408 g/mol. The fraction of sp³-hybridized carbons (Fsp3) is 0.333. The average molecular weight is 408 g/mol. The molecule has 7 nitrogen and oxygen atoms in total. The quantitative estimate of drug-likeness (QED) is 0.658. The summed E-state index contributed by atoms with van der Waals surface area (Å²) in [5.74, 6) is 0.0573. The molecule has 2 aromatic heterocycles. The van der Waals surface area contributed by atoms with Crippen LogP contribution in [0.25, 0.3) is 6.08 Å². The molecule has 3 aromatic rings. The number of nitrogens with zero attached hydrogens (tertiary/aromatic N) is 4. The van der Waals surface area contributed by atoms with Gasteiger partial charge in [-0.25, -0.2) is 4.99 Å². The van der Waals surface area contributed by atoms with E-state index in [1.165, 1.54) is 18.3 Å². The number of benzene rings is 1. The molecule has 8 heteroatoms. The van der Waals surface area contributed by atoms with Gasteiger partial charge in [-0.1, -0.05) is 29.5 Å². The van der Waals surface area contributed by atoms with Crippen LogP contribution in [-0.4, -0.2) is 25.9 Å². The van der Waals surface area contributed by atoms with Gasteiger partial charge in [-0.05, 0) is 32.9 Å². The standard InChI is InChI=1S/C21H20N4O3S/c1-4-24-11-13(10-22-24)9-16-19(27)25-18-14-7-5-6-8-15(14)28-21(3,17(18)12(2)26)23-20(25)29-16/h5-11,17-18H,4H2,1-3H3. The van der Waals surface area contributed by atoms with E-state index in [4.69, 9.17) is 9.73 Å². The number of fused-ring (bicyclic) bond motifs is 6. The summed E-state index contributed by atoms with van der Waals surface area (Å²) in [7, 11) is 0. The third-order valence-electron chi connectivity index (χ3n) is 5.59. The van der Waals surface area contributed by atoms with E-state index in [-0.39, 0.29) is 11.3 Å². The van der Waals surface area contributed by atoms with Crippen molar-refractivity contribution in [1.82, 2.24) is 14.3 Å². The highest BCUT2D eigenvalue weighted by Crippen LogP contribution is 2.47. The number of carbonyl (C=O) groups is 1. The number of rotatable bonds is 3. The van der Waals surface area contributed by atoms with E-state index >= 15 is 0 Å². The lowest BCUT2D eigenvalue weighted by Gasteiger charge is -2.45. The second kappa shape index (κ2) is 6.25. The van der Waals surface area contributed by atoms with Crippen LogP contribution >= 0.6 is 11.3 Å². The molecule has 2 aliphatic rings. The van der Waals surface area contributed by atoms with Crippen molar-refractivity contribution in [2.45, 2.75) is 39.1 Å². The first-order chi connectivity index (χ1) is 13.9. The topological polar surface area (TPSA) is 78.5 Å². The molecule has 148 valence electrons. The maximum absolute atomic E-state index is 13.4. The SMILES string of the molecule is CCn1cc(C=c2sc3n(c2=O)C2c4ccccc4OC(C)(N=3)C2C(C)=O)cn1. The van der Waals surface area contributed by atoms with Crippen LogP contribution in [-0.2, 0) is 11.3 Å². The number of hydrogen-bond acceptors (Lipinski definition) is 6. The van der Waals surface area contributed by atoms with Crippen LogP contribution in [0.15, 0.2) is 46.4 Å². The van der Waals surface area contributed by atoms with Crippen molar-refractivity contribution in [3.8, 4) is 5.75 Å². The zero-order chi connectivity index (χ0) is 20.3. The number of thiazole rings is 1. The number of hydrogen-bond donors (Lipinski definition) is 0. The molecule has 3 atom stereocenters. The molecular formula is C21H20N4O3S. The summed E-state index contributed by atoms with van der Waals surface area (Å²) >= 11 is 1.32. The molecule has 2 aliphatic heterocycles. The first-order valence-corrected chi connectivity index (χ1v) is 10.4. The van der Waals surface area contributed by atoms with Crippen molar-refractivity contribution >= 4 is 23.2 Å². The maximum Gasteiger partial charge on any atom is 0.270 e. The van der Waals surface area contributed by atoms with Crippen LogP contribution in [0.2, 0.25) is 0 Å². The van der Waals surface area contributed by atoms with Gasteiger partial charge in [0.25, 0.3) is 5.56 Å². The number of Topliss-reactive ketones (excluding diaryl/α,β-unsaturated/α-hetero) is 1. The Balaban J connectivity index is 1.78. The van der Waals surface area contributed by atoms with Crippen LogP contribution in [0.1, 0.15) is 37.9 Å². The second-order valence-electron chi connectivity index (χ2n) is 7.54. The molecule has 3 unspecified atom stereocenters. The Bertz CT molecular complexity index is 1320. The van der Waals surface area contributed by atoms with E-state index in [2.05, 4.69) is 5.10 Å². The summed E-state index contributed by atoms with van der Waals surface area (Å²) in [4.78, 5) is 31.3. The van der Waals surface area contributed by atoms with Crippen molar-refractivity contribution in [1.29, 1.82) is 0 Å². The summed E-state index contributed by atoms with van der Waals surface area (Å²) in [5, 5.41) is 4.26. The van der Waals surface area contributed by atoms with Gasteiger partial charge in [0.15, 0.2) is 4.80 Å². The second-order valence-corrected chi connectivity index (χ2v) is 8.55. The normalized spacial score (nSPS) is 25.0. The molecule has 0 N–H and O–H groups in total. The summed E-state index contributed by atoms with van der Waals surface area (Å²) in [5.41, 5.74) is 0.517. The lowest BCUT2D eigenvalue weighted by molar-refractivity contribution is -0.132. The number of aromatic nitrogens is 3. The maximum atomic E-state index is 13.4. The zero-order valence-electron chi connectivity index (χ0n) is 16.3. The van der Waals surface area contributed by atoms with Gasteiger partial charge < -0.3 is 4.74 Å². The molecule has 0 radical (unpaired) electrons. The largest absolute Gasteiger partial charge is 0.465 e. The van der Waals surface area contributed by atoms with Crippen LogP contribution in [0, 0.1) is 5.92 Å². The van der Waals surface area contributed by atoms with Crippen LogP contribution in [0.4, 0.5) is 0 Å². The Morgan fingerprint density at radius 3 is 2.90 bits per heavy atom. The van der Waals surface area contributed by atoms with Crippen LogP contribution in [0.5, 0.6) is 5.75 Å². The molecule has 4 heterocycles. The molecule has 0 amide bonds. The number of para-hydroxylation sites is 1. The minimum atomic E-state index is -1.04. The molecule has 0 aliphatic carbocycles. The van der Waals surface area contributed by atoms with Gasteiger partial charge in [-0.3, -0.25) is 18.8 Å². The average Bonchev–Trinajstić information content (AvgIpc) is 3.25. The molecular weight excluding hydrogens is 388 g/mol. The molecule has 0 spiro atoms. The first kappa shape index (κ1) is 18.1. The van der Waals surface area contributed by atoms with E-state index in [1.807, 2.05) is 55.1 Å². The fourth-order valence-electron chi connectivity index (χ4n) is 4.33. The van der Waals surface area contributed by atoms with Gasteiger partial charge in [0, 0.05) is 23.9 Å². The lowest BCUT2D eigenvalue weighted by atomic mass is 9.79. The fourth-order valence-corrected chi connectivity index (χ4v) is 5.43. The van der Waals surface area contributed by atoms with E-state index in [1.54, 1.807) is 10.8 Å².